The summed E-state index contributed by atoms with van der Waals surface area (Å²) < 4.78 is 3.98. The van der Waals surface area contributed by atoms with E-state index in [0.29, 0.717) is 55.1 Å². The molecule has 3 saturated carbocycles. The van der Waals surface area contributed by atoms with E-state index in [2.05, 4.69) is 19.8 Å². The van der Waals surface area contributed by atoms with Crippen molar-refractivity contribution in [3.05, 3.63) is 10.5 Å². The van der Waals surface area contributed by atoms with Crippen LogP contribution in [-0.4, -0.2) is 52.0 Å². The van der Waals surface area contributed by atoms with Gasteiger partial charge >= 0.3 is 5.69 Å². The molecule has 4 rings (SSSR count). The van der Waals surface area contributed by atoms with Gasteiger partial charge < -0.3 is 0 Å². The number of hydrogen-bond acceptors (Lipinski definition) is 7. The molecule has 0 atom stereocenters. The van der Waals surface area contributed by atoms with Gasteiger partial charge in [0, 0.05) is 13.1 Å². The van der Waals surface area contributed by atoms with E-state index in [9.17, 15) is 19.2 Å². The molecule has 10 nitrogen and oxygen atoms in total. The van der Waals surface area contributed by atoms with E-state index >= 15 is 0 Å². The van der Waals surface area contributed by atoms with Gasteiger partial charge in [-0.1, -0.05) is 0 Å². The maximum Gasteiger partial charge on any atom is 0.360 e. The van der Waals surface area contributed by atoms with Gasteiger partial charge in [-0.2, -0.15) is 0 Å². The molecule has 208 valence electrons. The number of nitrogens with zero attached hydrogens (tertiary/aromatic N) is 6. The van der Waals surface area contributed by atoms with Crippen molar-refractivity contribution in [3.8, 4) is 0 Å². The third kappa shape index (κ3) is 7.63. The fourth-order valence-corrected chi connectivity index (χ4v) is 6.97. The first-order chi connectivity index (χ1) is 18.6. The Labute approximate surface area is 224 Å². The normalized spacial score (nSPS) is 29.6. The van der Waals surface area contributed by atoms with Crippen LogP contribution in [0.3, 0.4) is 0 Å². The first-order valence-electron chi connectivity index (χ1n) is 14.6. The number of hydrogen-bond donors (Lipinski definition) is 0. The lowest BCUT2D eigenvalue weighted by molar-refractivity contribution is 0.112. The highest BCUT2D eigenvalue weighted by Gasteiger charge is 2.30. The number of aliphatic imine (C=N–C) groups is 3. The van der Waals surface area contributed by atoms with E-state index in [1.165, 1.54) is 0 Å². The second kappa shape index (κ2) is 14.4. The lowest BCUT2D eigenvalue weighted by atomic mass is 9.81. The van der Waals surface area contributed by atoms with Crippen LogP contribution in [0.15, 0.2) is 19.8 Å². The zero-order valence-electron chi connectivity index (χ0n) is 22.5. The predicted octanol–water partition coefficient (Wildman–Crippen LogP) is 3.88. The second-order valence-electron chi connectivity index (χ2n) is 12.0. The van der Waals surface area contributed by atoms with E-state index < -0.39 is 0 Å². The molecule has 10 heteroatoms. The molecular weight excluding hydrogens is 484 g/mol. The molecule has 0 N–H and O–H groups in total. The van der Waals surface area contributed by atoms with Crippen molar-refractivity contribution in [1.82, 2.24) is 14.2 Å². The summed E-state index contributed by atoms with van der Waals surface area (Å²) in [5, 5.41) is 0. The zero-order valence-corrected chi connectivity index (χ0v) is 22.5. The van der Waals surface area contributed by atoms with Gasteiger partial charge in [-0.15, -0.1) is 0 Å². The smallest absolute Gasteiger partial charge is 0.244 e. The molecule has 0 spiro atoms. The van der Waals surface area contributed by atoms with Crippen molar-refractivity contribution in [3.63, 3.8) is 0 Å². The van der Waals surface area contributed by atoms with E-state index in [1.54, 1.807) is 18.2 Å². The Morgan fingerprint density at radius 2 is 0.789 bits per heavy atom. The topological polar surface area (TPSA) is 120 Å². The molecule has 0 aromatic carbocycles. The minimum absolute atomic E-state index is 0.124. The minimum atomic E-state index is 0.124. The molecule has 0 saturated heterocycles. The van der Waals surface area contributed by atoms with Crippen molar-refractivity contribution >= 4 is 18.2 Å². The van der Waals surface area contributed by atoms with Gasteiger partial charge in [0.1, 0.15) is 0 Å². The maximum absolute atomic E-state index is 13.4. The van der Waals surface area contributed by atoms with Gasteiger partial charge in [0.15, 0.2) is 0 Å². The third-order valence-electron chi connectivity index (χ3n) is 9.42. The Kier molecular flexibility index (Phi) is 10.7. The quantitative estimate of drug-likeness (QED) is 0.303. The third-order valence-corrected chi connectivity index (χ3v) is 9.42. The van der Waals surface area contributed by atoms with Crippen LogP contribution >= 0.6 is 0 Å². The summed E-state index contributed by atoms with van der Waals surface area (Å²) in [5.41, 5.74) is 0.124. The number of carbonyl (C=O) groups excluding carboxylic acids is 3. The van der Waals surface area contributed by atoms with Gasteiger partial charge in [0.2, 0.25) is 18.2 Å². The molecule has 1 aromatic heterocycles. The summed E-state index contributed by atoms with van der Waals surface area (Å²) >= 11 is 0. The molecule has 38 heavy (non-hydrogen) atoms. The highest BCUT2D eigenvalue weighted by atomic mass is 16.2. The van der Waals surface area contributed by atoms with Crippen LogP contribution in [0, 0.1) is 35.5 Å². The molecule has 3 aliphatic carbocycles. The van der Waals surface area contributed by atoms with Gasteiger partial charge in [0.05, 0.1) is 26.2 Å². The Hall–Kier alpha value is -2.79. The SMILES string of the molecule is O=C=NCC1CCC(Cn2c(=O)n(CC3CCC(CN=C=O)CC3)n2CC2CCC(CN=C=O)CC2)CC1. The Balaban J connectivity index is 1.39. The Bertz CT molecular complexity index is 1020. The van der Waals surface area contributed by atoms with Gasteiger partial charge in [-0.25, -0.2) is 48.3 Å². The molecule has 0 aliphatic heterocycles. The first-order valence-corrected chi connectivity index (χ1v) is 14.6. The molecule has 0 bridgehead atoms. The second-order valence-corrected chi connectivity index (χ2v) is 12.0. The minimum Gasteiger partial charge on any atom is -0.244 e. The largest absolute Gasteiger partial charge is 0.360 e. The average molecular weight is 527 g/mol. The highest BCUT2D eigenvalue weighted by Crippen LogP contribution is 2.33. The van der Waals surface area contributed by atoms with Crippen molar-refractivity contribution in [2.45, 2.75) is 96.7 Å². The first kappa shape index (κ1) is 28.2. The lowest BCUT2D eigenvalue weighted by Crippen LogP contribution is -2.53. The van der Waals surface area contributed by atoms with Gasteiger partial charge in [0.25, 0.3) is 0 Å². The molecule has 1 heterocycles. The average Bonchev–Trinajstić information content (AvgIpc) is 2.96. The van der Waals surface area contributed by atoms with Crippen LogP contribution in [-0.2, 0) is 34.0 Å². The summed E-state index contributed by atoms with van der Waals surface area (Å²) in [6.07, 6.45) is 17.7. The van der Waals surface area contributed by atoms with Crippen LogP contribution < -0.4 is 5.69 Å². The fourth-order valence-electron chi connectivity index (χ4n) is 6.97. The monoisotopic (exact) mass is 526 g/mol. The van der Waals surface area contributed by atoms with Crippen LogP contribution in [0.4, 0.5) is 0 Å². The number of isocyanates is 3. The Morgan fingerprint density at radius 3 is 1.11 bits per heavy atom. The lowest BCUT2D eigenvalue weighted by Gasteiger charge is -2.37. The number of rotatable bonds is 12. The molecule has 3 fully saturated rings. The van der Waals surface area contributed by atoms with Crippen molar-refractivity contribution in [2.24, 2.45) is 50.5 Å². The van der Waals surface area contributed by atoms with Gasteiger partial charge in [-0.3, -0.25) is 0 Å². The van der Waals surface area contributed by atoms with E-state index in [-0.39, 0.29) is 5.69 Å². The zero-order chi connectivity index (χ0) is 26.7. The van der Waals surface area contributed by atoms with Crippen molar-refractivity contribution < 1.29 is 14.4 Å². The fraction of sp³-hybridized carbons (Fsp3) is 0.857. The standard InChI is InChI=1S/C28H42N6O4/c35-19-29-13-22-1-7-25(8-2-22)16-32-28(38)33(17-26-9-3-23(4-10-26)14-30-20-36)34(32)18-27-11-5-24(6-12-27)15-31-21-37/h22-27H,1-18H2. The summed E-state index contributed by atoms with van der Waals surface area (Å²) in [6.45, 7) is 4.12. The van der Waals surface area contributed by atoms with Crippen molar-refractivity contribution in [2.75, 3.05) is 19.6 Å². The van der Waals surface area contributed by atoms with E-state index in [1.807, 2.05) is 9.36 Å². The van der Waals surface area contributed by atoms with Crippen LogP contribution in [0.5, 0.6) is 0 Å². The highest BCUT2D eigenvalue weighted by molar-refractivity contribution is 5.33. The van der Waals surface area contributed by atoms with Crippen molar-refractivity contribution in [1.29, 1.82) is 0 Å². The van der Waals surface area contributed by atoms with E-state index in [0.717, 1.165) is 96.7 Å². The van der Waals surface area contributed by atoms with Crippen LogP contribution in [0.1, 0.15) is 77.0 Å². The summed E-state index contributed by atoms with van der Waals surface area (Å²) in [4.78, 5) is 58.3. The Morgan fingerprint density at radius 1 is 0.500 bits per heavy atom. The van der Waals surface area contributed by atoms with E-state index in [4.69, 9.17) is 0 Å². The molecule has 3 aliphatic rings. The molecular formula is C28H42N6O4. The molecule has 0 unspecified atom stereocenters. The van der Waals surface area contributed by atoms with Gasteiger partial charge in [-0.05, 0) is 113 Å². The summed E-state index contributed by atoms with van der Waals surface area (Å²) in [5.74, 6) is 2.86. The predicted molar refractivity (Wildman–Crippen MR) is 142 cm³/mol. The molecule has 1 aromatic rings. The summed E-state index contributed by atoms with van der Waals surface area (Å²) in [6, 6.07) is 0. The maximum atomic E-state index is 13.4. The van der Waals surface area contributed by atoms with Crippen LogP contribution in [0.2, 0.25) is 0 Å². The molecule has 0 radical (unpaired) electrons. The summed E-state index contributed by atoms with van der Waals surface area (Å²) in [7, 11) is 0. The van der Waals surface area contributed by atoms with Crippen LogP contribution in [0.25, 0.3) is 0 Å². The molecule has 0 amide bonds. The number of aromatic nitrogens is 3.